The van der Waals surface area contributed by atoms with Crippen LogP contribution in [0.5, 0.6) is 0 Å². The Kier molecular flexibility index (Phi) is 3.87. The van der Waals surface area contributed by atoms with Crippen molar-refractivity contribution in [1.82, 2.24) is 5.32 Å². The molecule has 1 aromatic carbocycles. The molecule has 3 rings (SSSR count). The van der Waals surface area contributed by atoms with Gasteiger partial charge in [0.2, 0.25) is 0 Å². The summed E-state index contributed by atoms with van der Waals surface area (Å²) in [6, 6.07) is 9.41. The topological polar surface area (TPSA) is 12.0 Å². The molecule has 0 bridgehead atoms. The van der Waals surface area contributed by atoms with E-state index in [9.17, 15) is 4.39 Å². The molecule has 0 radical (unpaired) electrons. The van der Waals surface area contributed by atoms with Gasteiger partial charge in [-0.3, -0.25) is 0 Å². The lowest BCUT2D eigenvalue weighted by Gasteiger charge is -2.13. The monoisotopic (exact) mass is 295 g/mol. The normalized spacial score (nSPS) is 17.7. The second-order valence-corrected chi connectivity index (χ2v) is 6.58. The third-order valence-electron chi connectivity index (χ3n) is 3.59. The molecule has 0 spiro atoms. The van der Waals surface area contributed by atoms with E-state index in [0.29, 0.717) is 6.04 Å². The molecule has 1 nitrogen and oxygen atoms in total. The summed E-state index contributed by atoms with van der Waals surface area (Å²) in [6.45, 7) is 0.790. The Balaban J connectivity index is 1.58. The third kappa shape index (κ3) is 2.83. The zero-order valence-electron chi connectivity index (χ0n) is 10.5. The van der Waals surface area contributed by atoms with Crippen LogP contribution in [0.3, 0.4) is 0 Å². The lowest BCUT2D eigenvalue weighted by molar-refractivity contribution is 0.526. The van der Waals surface area contributed by atoms with Crippen LogP contribution in [-0.2, 0) is 12.8 Å². The van der Waals surface area contributed by atoms with Crippen molar-refractivity contribution >= 4 is 22.9 Å². The SMILES string of the molecule is Fc1ccccc1CCNC1CCc2sc(Cl)cc21. The molecular formula is C15H15ClFNS. The molecule has 0 saturated carbocycles. The van der Waals surface area contributed by atoms with Gasteiger partial charge in [0, 0.05) is 10.9 Å². The molecule has 2 aromatic rings. The van der Waals surface area contributed by atoms with Gasteiger partial charge in [-0.25, -0.2) is 4.39 Å². The van der Waals surface area contributed by atoms with Gasteiger partial charge in [0.1, 0.15) is 5.82 Å². The first kappa shape index (κ1) is 13.1. The van der Waals surface area contributed by atoms with Gasteiger partial charge in [-0.05, 0) is 49.1 Å². The number of hydrogen-bond donors (Lipinski definition) is 1. The van der Waals surface area contributed by atoms with Crippen LogP contribution >= 0.6 is 22.9 Å². The molecule has 1 aliphatic carbocycles. The lowest BCUT2D eigenvalue weighted by Crippen LogP contribution is -2.22. The third-order valence-corrected chi connectivity index (χ3v) is 4.93. The van der Waals surface area contributed by atoms with Crippen LogP contribution < -0.4 is 5.32 Å². The summed E-state index contributed by atoms with van der Waals surface area (Å²) in [6.07, 6.45) is 2.94. The van der Waals surface area contributed by atoms with Gasteiger partial charge in [0.25, 0.3) is 0 Å². The molecule has 0 aliphatic heterocycles. The molecule has 1 unspecified atom stereocenters. The van der Waals surface area contributed by atoms with E-state index in [4.69, 9.17) is 11.6 Å². The number of halogens is 2. The van der Waals surface area contributed by atoms with Crippen molar-refractivity contribution in [2.75, 3.05) is 6.54 Å². The summed E-state index contributed by atoms with van der Waals surface area (Å²) in [5.74, 6) is -0.116. The first-order chi connectivity index (χ1) is 9.24. The van der Waals surface area contributed by atoms with E-state index < -0.39 is 0 Å². The molecule has 100 valence electrons. The molecule has 0 amide bonds. The average molecular weight is 296 g/mol. The fraction of sp³-hybridized carbons (Fsp3) is 0.333. The second kappa shape index (κ2) is 5.61. The fourth-order valence-electron chi connectivity index (χ4n) is 2.62. The molecule has 0 fully saturated rings. The highest BCUT2D eigenvalue weighted by Gasteiger charge is 2.24. The molecule has 4 heteroatoms. The number of fused-ring (bicyclic) bond motifs is 1. The van der Waals surface area contributed by atoms with Crippen molar-refractivity contribution < 1.29 is 4.39 Å². The summed E-state index contributed by atoms with van der Waals surface area (Å²) in [7, 11) is 0. The van der Waals surface area contributed by atoms with Crippen LogP contribution in [0.4, 0.5) is 4.39 Å². The predicted octanol–water partition coefficient (Wildman–Crippen LogP) is 4.36. The molecule has 1 N–H and O–H groups in total. The van der Waals surface area contributed by atoms with E-state index in [2.05, 4.69) is 11.4 Å². The Bertz CT molecular complexity index is 581. The number of nitrogens with one attached hydrogen (secondary N) is 1. The molecule has 1 heterocycles. The summed E-state index contributed by atoms with van der Waals surface area (Å²) in [5.41, 5.74) is 2.11. The maximum absolute atomic E-state index is 13.5. The number of thiophene rings is 1. The number of hydrogen-bond acceptors (Lipinski definition) is 2. The minimum atomic E-state index is -0.116. The van der Waals surface area contributed by atoms with Crippen molar-refractivity contribution in [2.24, 2.45) is 0 Å². The zero-order valence-corrected chi connectivity index (χ0v) is 12.0. The first-order valence-electron chi connectivity index (χ1n) is 6.49. The number of aryl methyl sites for hydroxylation is 1. The maximum Gasteiger partial charge on any atom is 0.126 e. The van der Waals surface area contributed by atoms with Crippen molar-refractivity contribution in [3.63, 3.8) is 0 Å². The van der Waals surface area contributed by atoms with Crippen LogP contribution in [0.1, 0.15) is 28.5 Å². The van der Waals surface area contributed by atoms with E-state index in [1.165, 1.54) is 16.5 Å². The fourth-order valence-corrected chi connectivity index (χ4v) is 3.98. The molecule has 0 saturated heterocycles. The van der Waals surface area contributed by atoms with Gasteiger partial charge in [0.05, 0.1) is 4.34 Å². The van der Waals surface area contributed by atoms with Gasteiger partial charge in [-0.2, -0.15) is 0 Å². The molecule has 1 atom stereocenters. The van der Waals surface area contributed by atoms with Crippen LogP contribution in [0.15, 0.2) is 30.3 Å². The largest absolute Gasteiger partial charge is 0.310 e. The smallest absolute Gasteiger partial charge is 0.126 e. The quantitative estimate of drug-likeness (QED) is 0.884. The van der Waals surface area contributed by atoms with Gasteiger partial charge >= 0.3 is 0 Å². The van der Waals surface area contributed by atoms with E-state index in [-0.39, 0.29) is 5.82 Å². The number of benzene rings is 1. The van der Waals surface area contributed by atoms with Gasteiger partial charge < -0.3 is 5.32 Å². The van der Waals surface area contributed by atoms with Crippen molar-refractivity contribution in [3.8, 4) is 0 Å². The van der Waals surface area contributed by atoms with Gasteiger partial charge in [-0.1, -0.05) is 29.8 Å². The molecule has 1 aromatic heterocycles. The van der Waals surface area contributed by atoms with E-state index in [0.717, 1.165) is 35.7 Å². The summed E-state index contributed by atoms with van der Waals surface area (Å²) in [4.78, 5) is 1.40. The van der Waals surface area contributed by atoms with E-state index in [1.807, 2.05) is 12.1 Å². The Morgan fingerprint density at radius 1 is 1.37 bits per heavy atom. The molecule has 19 heavy (non-hydrogen) atoms. The number of rotatable bonds is 4. The minimum absolute atomic E-state index is 0.116. The standard InChI is InChI=1S/C15H15ClFNS/c16-15-9-11-13(5-6-14(11)19-15)18-8-7-10-3-1-2-4-12(10)17/h1-4,9,13,18H,5-8H2. The highest BCUT2D eigenvalue weighted by molar-refractivity contribution is 7.16. The Labute approximate surface area is 121 Å². The Morgan fingerprint density at radius 2 is 2.21 bits per heavy atom. The van der Waals surface area contributed by atoms with E-state index in [1.54, 1.807) is 17.4 Å². The molecule has 1 aliphatic rings. The van der Waals surface area contributed by atoms with Crippen LogP contribution in [0, 0.1) is 5.82 Å². The zero-order chi connectivity index (χ0) is 13.2. The van der Waals surface area contributed by atoms with Crippen LogP contribution in [0.2, 0.25) is 4.34 Å². The predicted molar refractivity (Wildman–Crippen MR) is 78.5 cm³/mol. The van der Waals surface area contributed by atoms with Crippen molar-refractivity contribution in [1.29, 1.82) is 0 Å². The lowest BCUT2D eigenvalue weighted by atomic mass is 10.1. The highest BCUT2D eigenvalue weighted by Crippen LogP contribution is 2.39. The Hall–Kier alpha value is -0.900. The average Bonchev–Trinajstić information content (AvgIpc) is 2.92. The summed E-state index contributed by atoms with van der Waals surface area (Å²) in [5, 5.41) is 3.51. The second-order valence-electron chi connectivity index (χ2n) is 4.82. The Morgan fingerprint density at radius 3 is 3.05 bits per heavy atom. The molecular weight excluding hydrogens is 281 g/mol. The first-order valence-corrected chi connectivity index (χ1v) is 7.68. The van der Waals surface area contributed by atoms with Crippen molar-refractivity contribution in [2.45, 2.75) is 25.3 Å². The summed E-state index contributed by atoms with van der Waals surface area (Å²) < 4.78 is 14.4. The van der Waals surface area contributed by atoms with Crippen LogP contribution in [0.25, 0.3) is 0 Å². The van der Waals surface area contributed by atoms with Crippen molar-refractivity contribution in [3.05, 3.63) is 56.5 Å². The minimum Gasteiger partial charge on any atom is -0.310 e. The highest BCUT2D eigenvalue weighted by atomic mass is 35.5. The van der Waals surface area contributed by atoms with Gasteiger partial charge in [-0.15, -0.1) is 11.3 Å². The maximum atomic E-state index is 13.5. The van der Waals surface area contributed by atoms with Gasteiger partial charge in [0.15, 0.2) is 0 Å². The summed E-state index contributed by atoms with van der Waals surface area (Å²) >= 11 is 7.71. The van der Waals surface area contributed by atoms with Crippen LogP contribution in [-0.4, -0.2) is 6.54 Å². The van der Waals surface area contributed by atoms with E-state index >= 15 is 0 Å².